The minimum Gasteiger partial charge on any atom is -0.548 e. The van der Waals surface area contributed by atoms with Crippen molar-refractivity contribution in [2.45, 2.75) is 31.1 Å². The zero-order valence-corrected chi connectivity index (χ0v) is 23.8. The Bertz CT molecular complexity index is 932. The van der Waals surface area contributed by atoms with E-state index in [2.05, 4.69) is 5.32 Å². The summed E-state index contributed by atoms with van der Waals surface area (Å²) < 4.78 is 5.15. The number of thioether (sulfide) groups is 2. The summed E-state index contributed by atoms with van der Waals surface area (Å²) in [6, 6.07) is 7.31. The Balaban J connectivity index is 0.00000272. The summed E-state index contributed by atoms with van der Waals surface area (Å²) in [6.45, 7) is 1.37. The number of ether oxygens (including phenoxy) is 1. The smallest absolute Gasteiger partial charge is 0.548 e. The normalized spacial score (nSPS) is 20.4. The van der Waals surface area contributed by atoms with Gasteiger partial charge in [0, 0.05) is 5.75 Å². The van der Waals surface area contributed by atoms with Gasteiger partial charge in [0.1, 0.15) is 12.0 Å². The van der Waals surface area contributed by atoms with Crippen molar-refractivity contribution in [3.8, 4) is 0 Å². The minimum absolute atomic E-state index is 0. The molecule has 1 fully saturated rings. The van der Waals surface area contributed by atoms with E-state index in [9.17, 15) is 34.5 Å². The van der Waals surface area contributed by atoms with Gasteiger partial charge in [-0.2, -0.15) is 0 Å². The number of fused-ring (bicyclic) bond motifs is 1. The summed E-state index contributed by atoms with van der Waals surface area (Å²) in [5.74, 6) is -4.74. The first-order valence-corrected chi connectivity index (χ1v) is 11.0. The van der Waals surface area contributed by atoms with E-state index in [4.69, 9.17) is 4.74 Å². The van der Waals surface area contributed by atoms with Crippen LogP contribution in [0.15, 0.2) is 40.3 Å². The summed E-state index contributed by atoms with van der Waals surface area (Å²) in [5, 5.41) is 34.2. The molecular formula is C19H18N2Na2O8S2. The average molecular weight is 512 g/mol. The van der Waals surface area contributed by atoms with Crippen LogP contribution in [0.4, 0.5) is 4.79 Å². The van der Waals surface area contributed by atoms with Gasteiger partial charge in [-0.3, -0.25) is 9.69 Å². The quantitative estimate of drug-likeness (QED) is 0.240. The van der Waals surface area contributed by atoms with Gasteiger partial charge in [-0.1, -0.05) is 42.1 Å². The molecule has 2 N–H and O–H groups in total. The molecule has 3 rings (SSSR count). The number of hydrogen-bond donors (Lipinski definition) is 2. The van der Waals surface area contributed by atoms with Gasteiger partial charge >= 0.3 is 65.2 Å². The Morgan fingerprint density at radius 2 is 1.88 bits per heavy atom. The van der Waals surface area contributed by atoms with Crippen molar-refractivity contribution in [1.29, 1.82) is 0 Å². The van der Waals surface area contributed by atoms with Gasteiger partial charge in [-0.15, -0.1) is 11.8 Å². The third-order valence-corrected chi connectivity index (χ3v) is 7.38. The molecule has 166 valence electrons. The van der Waals surface area contributed by atoms with Gasteiger partial charge in [0.05, 0.1) is 39.9 Å². The average Bonchev–Trinajstić information content (AvgIpc) is 3.04. The van der Waals surface area contributed by atoms with E-state index < -0.39 is 47.4 Å². The SMILES string of the molecule is CC(O)[C@H]1C(=O)N2C(C(=O)[O-])=C(SC[C@@H](NC(=O)OCc3ccccc3)C(=O)[O-])S[C@H]12.[Na+].[Na+]. The van der Waals surface area contributed by atoms with Crippen LogP contribution in [-0.2, 0) is 25.7 Å². The zero-order valence-electron chi connectivity index (χ0n) is 18.2. The summed E-state index contributed by atoms with van der Waals surface area (Å²) in [7, 11) is 0. The second kappa shape index (κ2) is 13.4. The Morgan fingerprint density at radius 1 is 1.24 bits per heavy atom. The number of aliphatic hydroxyl groups excluding tert-OH is 1. The maximum Gasteiger partial charge on any atom is 1.00 e. The standard InChI is InChI=1S/C19H20N2O8S2.2Na/c1-9(22)12-14(23)21-13(17(26)27)18(31-15(12)21)30-8-11(16(24)25)20-19(28)29-7-10-5-3-2-4-6-10;;/h2-6,9,11-12,15,22H,7-8H2,1H3,(H,20,28)(H,24,25)(H,26,27);;/q;2*+1/p-2/t9?,11-,12+,15-;;/m1../s1. The second-order valence-electron chi connectivity index (χ2n) is 6.80. The van der Waals surface area contributed by atoms with E-state index >= 15 is 0 Å². The first kappa shape index (κ1) is 30.3. The maximum absolute atomic E-state index is 12.2. The summed E-state index contributed by atoms with van der Waals surface area (Å²) >= 11 is 1.86. The van der Waals surface area contributed by atoms with E-state index in [0.717, 1.165) is 28.4 Å². The van der Waals surface area contributed by atoms with Crippen LogP contribution in [0.1, 0.15) is 12.5 Å². The van der Waals surface area contributed by atoms with Crippen molar-refractivity contribution in [3.63, 3.8) is 0 Å². The molecule has 4 atom stereocenters. The van der Waals surface area contributed by atoms with Gasteiger partial charge in [-0.05, 0) is 12.5 Å². The fourth-order valence-electron chi connectivity index (χ4n) is 3.08. The van der Waals surface area contributed by atoms with Crippen molar-refractivity contribution in [3.05, 3.63) is 45.8 Å². The van der Waals surface area contributed by atoms with Gasteiger partial charge in [0.15, 0.2) is 0 Å². The van der Waals surface area contributed by atoms with Crippen LogP contribution in [0.25, 0.3) is 0 Å². The minimum atomic E-state index is -1.59. The first-order chi connectivity index (χ1) is 14.7. The number of aliphatic hydroxyl groups is 1. The van der Waals surface area contributed by atoms with Gasteiger partial charge < -0.3 is 35.0 Å². The number of carbonyl (C=O) groups excluding carboxylic acids is 4. The molecule has 33 heavy (non-hydrogen) atoms. The maximum atomic E-state index is 12.2. The number of β-lactam (4-membered cyclic amide) rings is 1. The van der Waals surface area contributed by atoms with Crippen LogP contribution in [0.3, 0.4) is 0 Å². The molecule has 2 heterocycles. The van der Waals surface area contributed by atoms with E-state index in [1.54, 1.807) is 30.3 Å². The van der Waals surface area contributed by atoms with Crippen molar-refractivity contribution in [2.24, 2.45) is 5.92 Å². The third-order valence-electron chi connectivity index (χ3n) is 4.63. The molecule has 0 spiro atoms. The van der Waals surface area contributed by atoms with Crippen LogP contribution < -0.4 is 74.6 Å². The fraction of sp³-hybridized carbons (Fsp3) is 0.368. The Hall–Kier alpha value is -0.700. The van der Waals surface area contributed by atoms with Crippen molar-refractivity contribution in [2.75, 3.05) is 5.75 Å². The molecule has 1 aromatic rings. The molecule has 2 amide bonds. The van der Waals surface area contributed by atoms with E-state index in [-0.39, 0.29) is 81.4 Å². The number of nitrogens with one attached hydrogen (secondary N) is 1. The van der Waals surface area contributed by atoms with Crippen LogP contribution >= 0.6 is 23.5 Å². The fourth-order valence-corrected chi connectivity index (χ4v) is 6.02. The Labute approximate surface area is 242 Å². The molecule has 10 nitrogen and oxygen atoms in total. The summed E-state index contributed by atoms with van der Waals surface area (Å²) in [5.41, 5.74) is 0.343. The van der Waals surface area contributed by atoms with Gasteiger partial charge in [0.2, 0.25) is 5.91 Å². The van der Waals surface area contributed by atoms with Gasteiger partial charge in [0.25, 0.3) is 0 Å². The summed E-state index contributed by atoms with van der Waals surface area (Å²) in [6.07, 6.45) is -1.94. The van der Waals surface area contributed by atoms with E-state index in [1.165, 1.54) is 6.92 Å². The number of alkyl carbamates (subject to hydrolysis) is 1. The van der Waals surface area contributed by atoms with Crippen LogP contribution in [0.2, 0.25) is 0 Å². The summed E-state index contributed by atoms with van der Waals surface area (Å²) in [4.78, 5) is 48.1. The number of aliphatic carboxylic acids is 2. The van der Waals surface area contributed by atoms with E-state index in [0.29, 0.717) is 5.56 Å². The number of carboxylic acids is 2. The van der Waals surface area contributed by atoms with Crippen LogP contribution in [-0.4, -0.2) is 57.2 Å². The Morgan fingerprint density at radius 3 is 2.42 bits per heavy atom. The zero-order chi connectivity index (χ0) is 22.7. The predicted molar refractivity (Wildman–Crippen MR) is 106 cm³/mol. The van der Waals surface area contributed by atoms with E-state index in [1.807, 2.05) is 0 Å². The molecule has 0 saturated carbocycles. The molecule has 1 saturated heterocycles. The number of hydrogen-bond acceptors (Lipinski definition) is 10. The largest absolute Gasteiger partial charge is 1.00 e. The number of rotatable bonds is 9. The van der Waals surface area contributed by atoms with Crippen molar-refractivity contribution in [1.82, 2.24) is 10.2 Å². The molecule has 2 aliphatic heterocycles. The molecule has 0 aromatic heterocycles. The second-order valence-corrected chi connectivity index (χ2v) is 9.21. The molecule has 1 aromatic carbocycles. The van der Waals surface area contributed by atoms with Crippen molar-refractivity contribution >= 4 is 47.5 Å². The van der Waals surface area contributed by atoms with Crippen LogP contribution in [0, 0.1) is 5.92 Å². The van der Waals surface area contributed by atoms with Gasteiger partial charge in [-0.25, -0.2) is 4.79 Å². The number of amides is 2. The number of nitrogens with zero attached hydrogens (tertiary/aromatic N) is 1. The van der Waals surface area contributed by atoms with Crippen molar-refractivity contribution < 1.29 is 98.3 Å². The molecule has 0 radical (unpaired) electrons. The Kier molecular flexibility index (Phi) is 12.3. The third kappa shape index (κ3) is 7.15. The monoisotopic (exact) mass is 512 g/mol. The molecule has 0 aliphatic carbocycles. The topological polar surface area (TPSA) is 159 Å². The number of carboxylic acid groups (broad SMARTS) is 2. The molecule has 0 bridgehead atoms. The number of carbonyl (C=O) groups is 4. The molecular weight excluding hydrogens is 494 g/mol. The predicted octanol–water partition coefficient (Wildman–Crippen LogP) is -7.40. The number of benzene rings is 1. The molecule has 1 unspecified atom stereocenters. The first-order valence-electron chi connectivity index (χ1n) is 9.15. The molecule has 14 heteroatoms. The molecule has 2 aliphatic rings. The van der Waals surface area contributed by atoms with Crippen LogP contribution in [0.5, 0.6) is 0 Å².